The number of hydrogen-bond acceptors (Lipinski definition) is 1. The zero-order valence-electron chi connectivity index (χ0n) is 14.3. The van der Waals surface area contributed by atoms with Crippen molar-refractivity contribution in [2.75, 3.05) is 13.7 Å². The zero-order chi connectivity index (χ0) is 17.7. The van der Waals surface area contributed by atoms with E-state index in [1.54, 1.807) is 25.3 Å². The second kappa shape index (κ2) is 7.75. The summed E-state index contributed by atoms with van der Waals surface area (Å²) in [5, 5.41) is 0. The fourth-order valence-electron chi connectivity index (χ4n) is 3.27. The topological polar surface area (TPSA) is 9.23 Å². The molecule has 25 heavy (non-hydrogen) atoms. The molecule has 0 aliphatic heterocycles. The number of alkyl halides is 1. The van der Waals surface area contributed by atoms with Gasteiger partial charge in [0.1, 0.15) is 5.83 Å². The van der Waals surface area contributed by atoms with Gasteiger partial charge >= 0.3 is 0 Å². The average Bonchev–Trinajstić information content (AvgIpc) is 2.62. The van der Waals surface area contributed by atoms with Gasteiger partial charge in [-0.15, -0.1) is 0 Å². The third-order valence-corrected chi connectivity index (χ3v) is 4.49. The second-order valence-corrected chi connectivity index (χ2v) is 6.34. The molecular formula is C22H22F2O. The normalized spacial score (nSPS) is 19.7. The molecule has 130 valence electrons. The third kappa shape index (κ3) is 4.05. The predicted molar refractivity (Wildman–Crippen MR) is 97.8 cm³/mol. The van der Waals surface area contributed by atoms with Gasteiger partial charge in [0, 0.05) is 25.7 Å². The van der Waals surface area contributed by atoms with E-state index in [4.69, 9.17) is 4.74 Å². The maximum absolute atomic E-state index is 15.5. The summed E-state index contributed by atoms with van der Waals surface area (Å²) in [7, 11) is 1.69. The largest absolute Gasteiger partial charge is 0.385 e. The van der Waals surface area contributed by atoms with Gasteiger partial charge in [-0.25, -0.2) is 8.78 Å². The van der Waals surface area contributed by atoms with Crippen LogP contribution in [0.15, 0.2) is 72.6 Å². The Labute approximate surface area is 147 Å². The van der Waals surface area contributed by atoms with E-state index in [0.29, 0.717) is 12.2 Å². The van der Waals surface area contributed by atoms with Crippen molar-refractivity contribution < 1.29 is 13.5 Å². The molecule has 0 saturated heterocycles. The molecule has 0 amide bonds. The number of ether oxygens (including phenoxy) is 1. The van der Waals surface area contributed by atoms with Crippen LogP contribution in [0.5, 0.6) is 0 Å². The molecule has 2 aromatic carbocycles. The molecule has 0 N–H and O–H groups in total. The Bertz CT molecular complexity index is 794. The Morgan fingerprint density at radius 3 is 2.76 bits per heavy atom. The summed E-state index contributed by atoms with van der Waals surface area (Å²) in [4.78, 5) is 0. The lowest BCUT2D eigenvalue weighted by atomic mass is 9.83. The fourth-order valence-corrected chi connectivity index (χ4v) is 3.27. The van der Waals surface area contributed by atoms with Crippen molar-refractivity contribution in [2.24, 2.45) is 0 Å². The van der Waals surface area contributed by atoms with E-state index in [-0.39, 0.29) is 6.42 Å². The van der Waals surface area contributed by atoms with E-state index in [9.17, 15) is 4.39 Å². The monoisotopic (exact) mass is 340 g/mol. The van der Waals surface area contributed by atoms with E-state index >= 15 is 4.39 Å². The summed E-state index contributed by atoms with van der Waals surface area (Å²) in [5.41, 5.74) is 1.62. The molecule has 0 spiro atoms. The molecule has 1 aliphatic rings. The van der Waals surface area contributed by atoms with E-state index in [1.165, 1.54) is 11.6 Å². The summed E-state index contributed by atoms with van der Waals surface area (Å²) in [6.45, 7) is 0.713. The molecule has 3 heteroatoms. The van der Waals surface area contributed by atoms with E-state index in [0.717, 1.165) is 30.0 Å². The number of benzene rings is 2. The molecule has 0 saturated carbocycles. The highest BCUT2D eigenvalue weighted by atomic mass is 19.1. The summed E-state index contributed by atoms with van der Waals surface area (Å²) >= 11 is 0. The zero-order valence-corrected chi connectivity index (χ0v) is 14.3. The van der Waals surface area contributed by atoms with Gasteiger partial charge in [0.05, 0.1) is 0 Å². The standard InChI is InChI=1S/C22H22F2O/c1-25-14-6-8-17-7-4-9-18(15-17)20-11-2-3-12-21(20)22(24)13-5-10-19(23)16-22/h2-5,7,9-12,15-16H,6,8,13-14H2,1H3. The number of rotatable bonds is 6. The van der Waals surface area contributed by atoms with Crippen molar-refractivity contribution in [1.82, 2.24) is 0 Å². The van der Waals surface area contributed by atoms with Gasteiger partial charge in [-0.3, -0.25) is 0 Å². The molecule has 0 bridgehead atoms. The minimum Gasteiger partial charge on any atom is -0.385 e. The fraction of sp³-hybridized carbons (Fsp3) is 0.273. The van der Waals surface area contributed by atoms with Gasteiger partial charge < -0.3 is 4.74 Å². The van der Waals surface area contributed by atoms with Crippen LogP contribution in [0.25, 0.3) is 11.1 Å². The first-order valence-corrected chi connectivity index (χ1v) is 8.54. The van der Waals surface area contributed by atoms with Gasteiger partial charge in [-0.05, 0) is 41.7 Å². The van der Waals surface area contributed by atoms with Crippen LogP contribution in [-0.4, -0.2) is 13.7 Å². The van der Waals surface area contributed by atoms with E-state index in [2.05, 4.69) is 12.1 Å². The maximum Gasteiger partial charge on any atom is 0.161 e. The van der Waals surface area contributed by atoms with Gasteiger partial charge in [-0.1, -0.05) is 54.6 Å². The molecule has 1 atom stereocenters. The number of halogens is 2. The van der Waals surface area contributed by atoms with Crippen molar-refractivity contribution in [3.63, 3.8) is 0 Å². The SMILES string of the molecule is COCCCc1cccc(-c2ccccc2C2(F)C=C(F)C=CC2)c1. The van der Waals surface area contributed by atoms with Crippen molar-refractivity contribution in [1.29, 1.82) is 0 Å². The number of methoxy groups -OCH3 is 1. The minimum absolute atomic E-state index is 0.144. The van der Waals surface area contributed by atoms with Crippen molar-refractivity contribution in [3.05, 3.63) is 83.7 Å². The lowest BCUT2D eigenvalue weighted by Crippen LogP contribution is -2.19. The van der Waals surface area contributed by atoms with E-state index in [1.807, 2.05) is 24.3 Å². The Hall–Kier alpha value is -2.26. The summed E-state index contributed by atoms with van der Waals surface area (Å²) in [5.74, 6) is -0.531. The molecule has 0 fully saturated rings. The van der Waals surface area contributed by atoms with Crippen LogP contribution in [0.1, 0.15) is 24.0 Å². The molecule has 0 radical (unpaired) electrons. The quantitative estimate of drug-likeness (QED) is 0.594. The molecule has 0 heterocycles. The lowest BCUT2D eigenvalue weighted by Gasteiger charge is -2.26. The van der Waals surface area contributed by atoms with Gasteiger partial charge in [0.2, 0.25) is 0 Å². The molecule has 0 aromatic heterocycles. The Balaban J connectivity index is 1.97. The Morgan fingerprint density at radius 2 is 1.96 bits per heavy atom. The van der Waals surface area contributed by atoms with E-state index < -0.39 is 11.5 Å². The van der Waals surface area contributed by atoms with Crippen LogP contribution in [0.4, 0.5) is 8.78 Å². The molecule has 1 unspecified atom stereocenters. The number of aryl methyl sites for hydroxylation is 1. The average molecular weight is 340 g/mol. The molecule has 1 aliphatic carbocycles. The highest BCUT2D eigenvalue weighted by Crippen LogP contribution is 2.41. The summed E-state index contributed by atoms with van der Waals surface area (Å²) in [6.07, 6.45) is 5.93. The second-order valence-electron chi connectivity index (χ2n) is 6.34. The maximum atomic E-state index is 15.5. The Kier molecular flexibility index (Phi) is 5.44. The first-order chi connectivity index (χ1) is 12.1. The Morgan fingerprint density at radius 1 is 1.12 bits per heavy atom. The van der Waals surface area contributed by atoms with Crippen LogP contribution < -0.4 is 0 Å². The lowest BCUT2D eigenvalue weighted by molar-refractivity contribution is 0.195. The summed E-state index contributed by atoms with van der Waals surface area (Å²) < 4.78 is 34.2. The van der Waals surface area contributed by atoms with Crippen LogP contribution in [-0.2, 0) is 16.8 Å². The molecule has 3 rings (SSSR count). The van der Waals surface area contributed by atoms with Gasteiger partial charge in [0.15, 0.2) is 5.67 Å². The first kappa shape index (κ1) is 17.6. The van der Waals surface area contributed by atoms with Crippen LogP contribution in [0, 0.1) is 0 Å². The van der Waals surface area contributed by atoms with Crippen molar-refractivity contribution in [3.8, 4) is 11.1 Å². The van der Waals surface area contributed by atoms with Gasteiger partial charge in [0.25, 0.3) is 0 Å². The molecular weight excluding hydrogens is 318 g/mol. The van der Waals surface area contributed by atoms with Crippen molar-refractivity contribution >= 4 is 0 Å². The predicted octanol–water partition coefficient (Wildman–Crippen LogP) is 5.91. The molecule has 1 nitrogen and oxygen atoms in total. The summed E-state index contributed by atoms with van der Waals surface area (Å²) in [6, 6.07) is 15.4. The van der Waals surface area contributed by atoms with Crippen LogP contribution in [0.2, 0.25) is 0 Å². The third-order valence-electron chi connectivity index (χ3n) is 4.49. The first-order valence-electron chi connectivity index (χ1n) is 8.54. The van der Waals surface area contributed by atoms with Crippen LogP contribution in [0.3, 0.4) is 0 Å². The van der Waals surface area contributed by atoms with Crippen molar-refractivity contribution in [2.45, 2.75) is 24.9 Å². The van der Waals surface area contributed by atoms with Crippen LogP contribution >= 0.6 is 0 Å². The van der Waals surface area contributed by atoms with Gasteiger partial charge in [-0.2, -0.15) is 0 Å². The number of hydrogen-bond donors (Lipinski definition) is 0. The highest BCUT2D eigenvalue weighted by molar-refractivity contribution is 5.70. The highest BCUT2D eigenvalue weighted by Gasteiger charge is 2.33. The molecule has 2 aromatic rings. The number of allylic oxidation sites excluding steroid dienone is 4. The minimum atomic E-state index is -1.82. The smallest absolute Gasteiger partial charge is 0.161 e.